The van der Waals surface area contributed by atoms with E-state index < -0.39 is 11.7 Å². The summed E-state index contributed by atoms with van der Waals surface area (Å²) >= 11 is 0. The molecule has 1 N–H and O–H groups in total. The Morgan fingerprint density at radius 3 is 1.95 bits per heavy atom. The highest BCUT2D eigenvalue weighted by Crippen LogP contribution is 2.06. The molecule has 7 heteroatoms. The van der Waals surface area contributed by atoms with Crippen molar-refractivity contribution in [2.45, 2.75) is 46.6 Å². The Kier molecular flexibility index (Phi) is 12.1. The first kappa shape index (κ1) is 21.4. The molecule has 0 rings (SSSR count). The zero-order valence-electron chi connectivity index (χ0n) is 13.5. The Bertz CT molecular complexity index is 327. The lowest BCUT2D eigenvalue weighted by atomic mass is 10.2. The summed E-state index contributed by atoms with van der Waals surface area (Å²) < 4.78 is 4.99. The summed E-state index contributed by atoms with van der Waals surface area (Å²) in [5.74, 6) is -0.379. The highest BCUT2D eigenvalue weighted by molar-refractivity contribution is 5.81. The number of nitrogens with one attached hydrogen (secondary N) is 1. The standard InChI is InChI=1S/C12H20N2O5.C2H6/c1-12(2,3)19-11(18)13-5-4-10(17)14(6-8-15)7-9-16;1-2/h8-9H,4-7H2,1-3H3,(H,13,18);1-2H3. The van der Waals surface area contributed by atoms with Gasteiger partial charge in [-0.15, -0.1) is 0 Å². The maximum Gasteiger partial charge on any atom is 0.407 e. The zero-order chi connectivity index (χ0) is 16.9. The van der Waals surface area contributed by atoms with Gasteiger partial charge in [0.25, 0.3) is 0 Å². The number of nitrogens with zero attached hydrogens (tertiary/aromatic N) is 1. The van der Waals surface area contributed by atoms with Gasteiger partial charge in [-0.1, -0.05) is 13.8 Å². The molecule has 0 aliphatic carbocycles. The fraction of sp³-hybridized carbons (Fsp3) is 0.714. The van der Waals surface area contributed by atoms with E-state index in [4.69, 9.17) is 4.74 Å². The van der Waals surface area contributed by atoms with E-state index in [1.54, 1.807) is 20.8 Å². The minimum Gasteiger partial charge on any atom is -0.444 e. The van der Waals surface area contributed by atoms with Crippen LogP contribution < -0.4 is 5.32 Å². The van der Waals surface area contributed by atoms with Crippen LogP contribution in [0.25, 0.3) is 0 Å². The van der Waals surface area contributed by atoms with Gasteiger partial charge in [-0.2, -0.15) is 0 Å². The molecule has 0 bridgehead atoms. The molecule has 0 atom stereocenters. The summed E-state index contributed by atoms with van der Waals surface area (Å²) in [6, 6.07) is 0. The van der Waals surface area contributed by atoms with Crippen molar-refractivity contribution < 1.29 is 23.9 Å². The van der Waals surface area contributed by atoms with Gasteiger partial charge in [0.15, 0.2) is 0 Å². The van der Waals surface area contributed by atoms with Gasteiger partial charge in [-0.3, -0.25) is 4.79 Å². The molecule has 0 radical (unpaired) electrons. The fourth-order valence-electron chi connectivity index (χ4n) is 1.20. The predicted molar refractivity (Wildman–Crippen MR) is 78.9 cm³/mol. The van der Waals surface area contributed by atoms with Crippen molar-refractivity contribution in [3.05, 3.63) is 0 Å². The molecule has 2 amide bonds. The van der Waals surface area contributed by atoms with Crippen molar-refractivity contribution in [1.82, 2.24) is 10.2 Å². The highest BCUT2D eigenvalue weighted by Gasteiger charge is 2.17. The van der Waals surface area contributed by atoms with Gasteiger partial charge in [-0.05, 0) is 20.8 Å². The quantitative estimate of drug-likeness (QED) is 0.712. The molecule has 0 saturated heterocycles. The smallest absolute Gasteiger partial charge is 0.407 e. The molecule has 0 fully saturated rings. The molecular formula is C14H26N2O5. The normalized spacial score (nSPS) is 9.76. The number of carbonyl (C=O) groups excluding carboxylic acids is 4. The van der Waals surface area contributed by atoms with Crippen LogP contribution in [-0.4, -0.2) is 54.7 Å². The first-order chi connectivity index (χ1) is 9.80. The van der Waals surface area contributed by atoms with Crippen LogP contribution in [0, 0.1) is 0 Å². The number of aldehydes is 2. The Labute approximate surface area is 126 Å². The van der Waals surface area contributed by atoms with E-state index in [9.17, 15) is 19.2 Å². The number of rotatable bonds is 7. The summed E-state index contributed by atoms with van der Waals surface area (Å²) in [6.45, 7) is 9.00. The van der Waals surface area contributed by atoms with Crippen LogP contribution in [0.2, 0.25) is 0 Å². The number of alkyl carbamates (subject to hydrolysis) is 1. The van der Waals surface area contributed by atoms with Crippen molar-refractivity contribution >= 4 is 24.6 Å². The Morgan fingerprint density at radius 1 is 1.10 bits per heavy atom. The van der Waals surface area contributed by atoms with Crippen LogP contribution in [0.15, 0.2) is 0 Å². The summed E-state index contributed by atoms with van der Waals surface area (Å²) in [5.41, 5.74) is -0.602. The number of hydrogen-bond acceptors (Lipinski definition) is 5. The van der Waals surface area contributed by atoms with E-state index in [0.717, 1.165) is 4.90 Å². The molecule has 0 saturated carbocycles. The largest absolute Gasteiger partial charge is 0.444 e. The van der Waals surface area contributed by atoms with E-state index in [-0.39, 0.29) is 32.0 Å². The third-order valence-corrected chi connectivity index (χ3v) is 1.95. The van der Waals surface area contributed by atoms with E-state index in [1.807, 2.05) is 13.8 Å². The van der Waals surface area contributed by atoms with Crippen molar-refractivity contribution in [3.8, 4) is 0 Å². The van der Waals surface area contributed by atoms with Crippen LogP contribution in [0.3, 0.4) is 0 Å². The molecule has 0 aromatic rings. The van der Waals surface area contributed by atoms with Crippen LogP contribution >= 0.6 is 0 Å². The Hall–Kier alpha value is -1.92. The second-order valence-corrected chi connectivity index (χ2v) is 4.81. The minimum atomic E-state index is -0.613. The predicted octanol–water partition coefficient (Wildman–Crippen LogP) is 1.15. The molecule has 0 heterocycles. The molecule has 0 unspecified atom stereocenters. The number of carbonyl (C=O) groups is 4. The Morgan fingerprint density at radius 2 is 1.57 bits per heavy atom. The van der Waals surface area contributed by atoms with Crippen LogP contribution in [0.4, 0.5) is 4.79 Å². The van der Waals surface area contributed by atoms with Crippen LogP contribution in [0.5, 0.6) is 0 Å². The summed E-state index contributed by atoms with van der Waals surface area (Å²) in [6.07, 6.45) is 0.476. The van der Waals surface area contributed by atoms with Crippen molar-refractivity contribution in [2.24, 2.45) is 0 Å². The first-order valence-electron chi connectivity index (χ1n) is 6.92. The van der Waals surface area contributed by atoms with Crippen LogP contribution in [-0.2, 0) is 19.1 Å². The maximum atomic E-state index is 11.6. The molecule has 0 aliphatic heterocycles. The van der Waals surface area contributed by atoms with Gasteiger partial charge < -0.3 is 24.5 Å². The summed E-state index contributed by atoms with van der Waals surface area (Å²) in [7, 11) is 0. The van der Waals surface area contributed by atoms with Gasteiger partial charge >= 0.3 is 6.09 Å². The monoisotopic (exact) mass is 302 g/mol. The third kappa shape index (κ3) is 12.8. The SMILES string of the molecule is CC.CC(C)(C)OC(=O)NCCC(=O)N(CC=O)CC=O. The van der Waals surface area contributed by atoms with Gasteiger partial charge in [0.05, 0.1) is 13.1 Å². The lowest BCUT2D eigenvalue weighted by Gasteiger charge is -2.20. The van der Waals surface area contributed by atoms with E-state index in [0.29, 0.717) is 12.6 Å². The van der Waals surface area contributed by atoms with Crippen molar-refractivity contribution in [3.63, 3.8) is 0 Å². The fourth-order valence-corrected chi connectivity index (χ4v) is 1.20. The minimum absolute atomic E-state index is 0.000916. The zero-order valence-corrected chi connectivity index (χ0v) is 13.5. The van der Waals surface area contributed by atoms with Gasteiger partial charge in [0.2, 0.25) is 5.91 Å². The van der Waals surface area contributed by atoms with Gasteiger partial charge in [0.1, 0.15) is 18.2 Å². The van der Waals surface area contributed by atoms with Gasteiger partial charge in [0, 0.05) is 13.0 Å². The highest BCUT2D eigenvalue weighted by atomic mass is 16.6. The molecule has 0 aromatic carbocycles. The number of hydrogen-bond donors (Lipinski definition) is 1. The molecule has 122 valence electrons. The number of amides is 2. The summed E-state index contributed by atoms with van der Waals surface area (Å²) in [4.78, 5) is 44.7. The average molecular weight is 302 g/mol. The molecular weight excluding hydrogens is 276 g/mol. The van der Waals surface area contributed by atoms with E-state index in [2.05, 4.69) is 5.32 Å². The Balaban J connectivity index is 0. The van der Waals surface area contributed by atoms with Crippen molar-refractivity contribution in [2.75, 3.05) is 19.6 Å². The lowest BCUT2D eigenvalue weighted by molar-refractivity contribution is -0.134. The van der Waals surface area contributed by atoms with E-state index >= 15 is 0 Å². The third-order valence-electron chi connectivity index (χ3n) is 1.95. The van der Waals surface area contributed by atoms with E-state index in [1.165, 1.54) is 0 Å². The molecule has 0 aliphatic rings. The topological polar surface area (TPSA) is 92.8 Å². The maximum absolute atomic E-state index is 11.6. The lowest BCUT2D eigenvalue weighted by Crippen LogP contribution is -2.38. The average Bonchev–Trinajstić information content (AvgIpc) is 2.38. The molecule has 7 nitrogen and oxygen atoms in total. The molecule has 0 spiro atoms. The second-order valence-electron chi connectivity index (χ2n) is 4.81. The number of ether oxygens (including phenoxy) is 1. The van der Waals surface area contributed by atoms with Crippen LogP contribution in [0.1, 0.15) is 41.0 Å². The van der Waals surface area contributed by atoms with Crippen molar-refractivity contribution in [1.29, 1.82) is 0 Å². The molecule has 21 heavy (non-hydrogen) atoms. The second kappa shape index (κ2) is 11.9. The summed E-state index contributed by atoms with van der Waals surface area (Å²) in [5, 5.41) is 2.42. The molecule has 0 aromatic heterocycles. The first-order valence-corrected chi connectivity index (χ1v) is 6.92. The van der Waals surface area contributed by atoms with Gasteiger partial charge in [-0.25, -0.2) is 4.79 Å².